The second kappa shape index (κ2) is 10.5. The summed E-state index contributed by atoms with van der Waals surface area (Å²) in [5.74, 6) is 3.43. The summed E-state index contributed by atoms with van der Waals surface area (Å²) in [5, 5.41) is 3.43. The van der Waals surface area contributed by atoms with Crippen molar-refractivity contribution < 1.29 is 14.3 Å². The quantitative estimate of drug-likeness (QED) is 0.439. The van der Waals surface area contributed by atoms with E-state index in [1.807, 2.05) is 24.1 Å². The molecule has 1 N–H and O–H groups in total. The number of piperidine rings is 1. The van der Waals surface area contributed by atoms with E-state index < -0.39 is 0 Å². The van der Waals surface area contributed by atoms with Crippen LogP contribution < -0.4 is 14.8 Å². The van der Waals surface area contributed by atoms with Crippen LogP contribution in [0.4, 0.5) is 0 Å². The summed E-state index contributed by atoms with van der Waals surface area (Å²) >= 11 is 0. The van der Waals surface area contributed by atoms with Crippen LogP contribution in [0.5, 0.6) is 11.5 Å². The van der Waals surface area contributed by atoms with Gasteiger partial charge >= 0.3 is 0 Å². The van der Waals surface area contributed by atoms with E-state index in [4.69, 9.17) is 9.47 Å². The van der Waals surface area contributed by atoms with Gasteiger partial charge in [-0.2, -0.15) is 0 Å². The Hall–Kier alpha value is -2.44. The van der Waals surface area contributed by atoms with Crippen molar-refractivity contribution in [3.8, 4) is 11.5 Å². The van der Waals surface area contributed by atoms with E-state index in [1.54, 1.807) is 14.2 Å². The van der Waals surface area contributed by atoms with Gasteiger partial charge < -0.3 is 24.6 Å². The lowest BCUT2D eigenvalue weighted by molar-refractivity contribution is -0.132. The minimum atomic E-state index is 0.207. The van der Waals surface area contributed by atoms with E-state index in [0.717, 1.165) is 62.2 Å². The van der Waals surface area contributed by atoms with Crippen LogP contribution in [-0.2, 0) is 17.8 Å². The van der Waals surface area contributed by atoms with Crippen molar-refractivity contribution in [3.05, 3.63) is 23.3 Å². The standard InChI is InChI=1S/C23H36N4O3/c1-17-7-11-26(12-8-17)23(24-2)25-10-5-6-22(28)27-13-9-18-14-20(29-3)21(30-4)15-19(18)16-27/h14-15,17H,5-13,16H2,1-4H3,(H,24,25). The molecule has 2 aliphatic rings. The van der Waals surface area contributed by atoms with E-state index in [0.29, 0.717) is 18.7 Å². The molecule has 0 aliphatic carbocycles. The van der Waals surface area contributed by atoms with Gasteiger partial charge in [-0.15, -0.1) is 0 Å². The molecule has 7 nitrogen and oxygen atoms in total. The number of carbonyl (C=O) groups excluding carboxylic acids is 1. The smallest absolute Gasteiger partial charge is 0.222 e. The lowest BCUT2D eigenvalue weighted by atomic mass is 9.98. The molecule has 0 unspecified atom stereocenters. The molecule has 1 aromatic carbocycles. The monoisotopic (exact) mass is 416 g/mol. The van der Waals surface area contributed by atoms with Gasteiger partial charge in [0.2, 0.25) is 5.91 Å². The maximum atomic E-state index is 12.7. The molecule has 1 fully saturated rings. The predicted octanol–water partition coefficient (Wildman–Crippen LogP) is 2.68. The molecule has 0 atom stereocenters. The Morgan fingerprint density at radius 3 is 2.40 bits per heavy atom. The number of benzene rings is 1. The summed E-state index contributed by atoms with van der Waals surface area (Å²) in [6.07, 6.45) is 4.62. The Balaban J connectivity index is 1.45. The zero-order chi connectivity index (χ0) is 21.5. The molecule has 1 amide bonds. The number of methoxy groups -OCH3 is 2. The minimum Gasteiger partial charge on any atom is -0.493 e. The number of guanidine groups is 1. The first-order valence-electron chi connectivity index (χ1n) is 11.0. The summed E-state index contributed by atoms with van der Waals surface area (Å²) < 4.78 is 10.8. The van der Waals surface area contributed by atoms with E-state index in [2.05, 4.69) is 22.1 Å². The van der Waals surface area contributed by atoms with Gasteiger partial charge in [-0.1, -0.05) is 6.92 Å². The molecule has 0 bridgehead atoms. The van der Waals surface area contributed by atoms with Crippen molar-refractivity contribution >= 4 is 11.9 Å². The van der Waals surface area contributed by atoms with Crippen molar-refractivity contribution in [2.45, 2.75) is 45.6 Å². The second-order valence-electron chi connectivity index (χ2n) is 8.29. The van der Waals surface area contributed by atoms with Crippen molar-refractivity contribution in [1.29, 1.82) is 0 Å². The van der Waals surface area contributed by atoms with Gasteiger partial charge in [0.1, 0.15) is 0 Å². The average Bonchev–Trinajstić information content (AvgIpc) is 2.78. The molecule has 2 aliphatic heterocycles. The molecule has 3 rings (SSSR count). The van der Waals surface area contributed by atoms with Crippen LogP contribution in [0.1, 0.15) is 43.7 Å². The van der Waals surface area contributed by atoms with Gasteiger partial charge in [0, 0.05) is 46.2 Å². The van der Waals surface area contributed by atoms with E-state index in [9.17, 15) is 4.79 Å². The highest BCUT2D eigenvalue weighted by molar-refractivity contribution is 5.80. The third-order valence-corrected chi connectivity index (χ3v) is 6.22. The maximum absolute atomic E-state index is 12.7. The van der Waals surface area contributed by atoms with Crippen LogP contribution in [0.3, 0.4) is 0 Å². The summed E-state index contributed by atoms with van der Waals surface area (Å²) in [5.41, 5.74) is 2.38. The number of rotatable bonds is 6. The van der Waals surface area contributed by atoms with Gasteiger partial charge in [0.15, 0.2) is 17.5 Å². The molecule has 1 saturated heterocycles. The summed E-state index contributed by atoms with van der Waals surface area (Å²) in [4.78, 5) is 21.4. The van der Waals surface area contributed by atoms with Gasteiger partial charge in [-0.3, -0.25) is 9.79 Å². The maximum Gasteiger partial charge on any atom is 0.222 e. The highest BCUT2D eigenvalue weighted by Gasteiger charge is 2.23. The Kier molecular flexibility index (Phi) is 7.82. The molecular formula is C23H36N4O3. The number of ether oxygens (including phenoxy) is 2. The van der Waals surface area contributed by atoms with Gasteiger partial charge in [-0.05, 0) is 54.9 Å². The number of aliphatic imine (C=N–C) groups is 1. The topological polar surface area (TPSA) is 66.4 Å². The van der Waals surface area contributed by atoms with Crippen molar-refractivity contribution in [3.63, 3.8) is 0 Å². The molecule has 0 saturated carbocycles. The first-order valence-corrected chi connectivity index (χ1v) is 11.0. The fourth-order valence-electron chi connectivity index (χ4n) is 4.25. The molecule has 0 aromatic heterocycles. The fourth-order valence-corrected chi connectivity index (χ4v) is 4.25. The molecule has 1 aromatic rings. The lowest BCUT2D eigenvalue weighted by Gasteiger charge is -2.33. The Labute approximate surface area is 180 Å². The first-order chi connectivity index (χ1) is 14.5. The number of carbonyl (C=O) groups is 1. The Morgan fingerprint density at radius 1 is 1.10 bits per heavy atom. The zero-order valence-electron chi connectivity index (χ0n) is 18.9. The highest BCUT2D eigenvalue weighted by atomic mass is 16.5. The number of amides is 1. The number of hydrogen-bond donors (Lipinski definition) is 1. The molecule has 30 heavy (non-hydrogen) atoms. The van der Waals surface area contributed by atoms with Crippen LogP contribution in [0.15, 0.2) is 17.1 Å². The molecular weight excluding hydrogens is 380 g/mol. The van der Waals surface area contributed by atoms with Gasteiger partial charge in [0.25, 0.3) is 0 Å². The SMILES string of the molecule is CN=C(NCCCC(=O)N1CCc2cc(OC)c(OC)cc2C1)N1CCC(C)CC1. The normalized spacial score (nSPS) is 17.5. The number of nitrogens with zero attached hydrogens (tertiary/aromatic N) is 3. The third-order valence-electron chi connectivity index (χ3n) is 6.22. The lowest BCUT2D eigenvalue weighted by Crippen LogP contribution is -2.45. The number of likely N-dealkylation sites (tertiary alicyclic amines) is 1. The van der Waals surface area contributed by atoms with Gasteiger partial charge in [-0.25, -0.2) is 0 Å². The number of nitrogens with one attached hydrogen (secondary N) is 1. The van der Waals surface area contributed by atoms with E-state index >= 15 is 0 Å². The second-order valence-corrected chi connectivity index (χ2v) is 8.29. The van der Waals surface area contributed by atoms with Gasteiger partial charge in [0.05, 0.1) is 14.2 Å². The van der Waals surface area contributed by atoms with Crippen LogP contribution >= 0.6 is 0 Å². The molecule has 0 radical (unpaired) electrons. The van der Waals surface area contributed by atoms with Crippen molar-refractivity contribution in [2.75, 3.05) is 47.4 Å². The third kappa shape index (κ3) is 5.37. The molecule has 7 heteroatoms. The molecule has 166 valence electrons. The van der Waals surface area contributed by atoms with Crippen LogP contribution in [0.25, 0.3) is 0 Å². The van der Waals surface area contributed by atoms with Crippen molar-refractivity contribution in [1.82, 2.24) is 15.1 Å². The largest absolute Gasteiger partial charge is 0.493 e. The number of fused-ring (bicyclic) bond motifs is 1. The summed E-state index contributed by atoms with van der Waals surface area (Å²) in [6, 6.07) is 4.03. The number of hydrogen-bond acceptors (Lipinski definition) is 4. The highest BCUT2D eigenvalue weighted by Crippen LogP contribution is 2.33. The van der Waals surface area contributed by atoms with Crippen molar-refractivity contribution in [2.24, 2.45) is 10.9 Å². The minimum absolute atomic E-state index is 0.207. The molecule has 0 spiro atoms. The Bertz CT molecular complexity index is 757. The zero-order valence-corrected chi connectivity index (χ0v) is 18.9. The molecule has 2 heterocycles. The van der Waals surface area contributed by atoms with Crippen LogP contribution in [0, 0.1) is 5.92 Å². The average molecular weight is 417 g/mol. The van der Waals surface area contributed by atoms with E-state index in [-0.39, 0.29) is 5.91 Å². The van der Waals surface area contributed by atoms with Crippen LogP contribution in [0.2, 0.25) is 0 Å². The predicted molar refractivity (Wildman–Crippen MR) is 119 cm³/mol. The fraction of sp³-hybridized carbons (Fsp3) is 0.652. The first kappa shape index (κ1) is 22.2. The van der Waals surface area contributed by atoms with E-state index in [1.165, 1.54) is 18.4 Å². The van der Waals surface area contributed by atoms with Crippen LogP contribution in [-0.4, -0.2) is 69.1 Å². The summed E-state index contributed by atoms with van der Waals surface area (Å²) in [6.45, 7) is 6.57. The Morgan fingerprint density at radius 2 is 1.77 bits per heavy atom. The summed E-state index contributed by atoms with van der Waals surface area (Å²) in [7, 11) is 5.12.